The van der Waals surface area contributed by atoms with Crippen molar-refractivity contribution in [2.75, 3.05) is 13.1 Å². The number of hydrogen-bond donors (Lipinski definition) is 2. The summed E-state index contributed by atoms with van der Waals surface area (Å²) < 4.78 is 0. The summed E-state index contributed by atoms with van der Waals surface area (Å²) in [6, 6.07) is 18.7. The first kappa shape index (κ1) is 19.1. The second-order valence-electron chi connectivity index (χ2n) is 5.88. The number of amides is 1. The Morgan fingerprint density at radius 2 is 1.85 bits per heavy atom. The minimum atomic E-state index is -0.377. The predicted octanol–water partition coefficient (Wildman–Crippen LogP) is 2.98. The Morgan fingerprint density at radius 3 is 2.46 bits per heavy atom. The number of nitrogens with one attached hydrogen (secondary N) is 1. The molecule has 2 aromatic carbocycles. The molecule has 5 heteroatoms. The van der Waals surface area contributed by atoms with E-state index in [-0.39, 0.29) is 17.2 Å². The zero-order valence-corrected chi connectivity index (χ0v) is 14.9. The van der Waals surface area contributed by atoms with E-state index in [9.17, 15) is 15.2 Å². The van der Waals surface area contributed by atoms with Crippen LogP contribution in [0.25, 0.3) is 0 Å². The summed E-state index contributed by atoms with van der Waals surface area (Å²) in [6.45, 7) is 3.74. The lowest BCUT2D eigenvalue weighted by Crippen LogP contribution is -2.28. The molecule has 0 saturated heterocycles. The number of nitriles is 1. The Hall–Kier alpha value is -3.26. The van der Waals surface area contributed by atoms with E-state index >= 15 is 0 Å². The molecular formula is C21H23N3O2. The molecule has 2 aromatic rings. The van der Waals surface area contributed by atoms with Gasteiger partial charge in [0.15, 0.2) is 0 Å². The summed E-state index contributed by atoms with van der Waals surface area (Å²) in [6.07, 6.45) is 2.25. The summed E-state index contributed by atoms with van der Waals surface area (Å²) in [5.74, 6) is -0.164. The van der Waals surface area contributed by atoms with Crippen LogP contribution in [0.4, 0.5) is 0 Å². The topological polar surface area (TPSA) is 76.4 Å². The summed E-state index contributed by atoms with van der Waals surface area (Å²) in [5, 5.41) is 21.4. The molecule has 0 saturated carbocycles. The van der Waals surface area contributed by atoms with Gasteiger partial charge in [0.25, 0.3) is 5.91 Å². The van der Waals surface area contributed by atoms with Crippen LogP contribution in [0.2, 0.25) is 0 Å². The molecule has 0 bridgehead atoms. The molecule has 0 atom stereocenters. The van der Waals surface area contributed by atoms with Crippen molar-refractivity contribution < 1.29 is 9.90 Å². The molecule has 134 valence electrons. The minimum absolute atomic E-state index is 0.0912. The maximum absolute atomic E-state index is 12.3. The second kappa shape index (κ2) is 9.90. The number of aromatic hydroxyl groups is 1. The lowest BCUT2D eigenvalue weighted by atomic mass is 10.1. The lowest BCUT2D eigenvalue weighted by Gasteiger charge is -2.19. The van der Waals surface area contributed by atoms with E-state index in [0.717, 1.165) is 11.1 Å². The van der Waals surface area contributed by atoms with Crippen LogP contribution in [0.15, 0.2) is 66.4 Å². The monoisotopic (exact) mass is 349 g/mol. The highest BCUT2D eigenvalue weighted by Crippen LogP contribution is 2.10. The van der Waals surface area contributed by atoms with E-state index < -0.39 is 0 Å². The number of rotatable bonds is 8. The van der Waals surface area contributed by atoms with Gasteiger partial charge in [0.2, 0.25) is 0 Å². The van der Waals surface area contributed by atoms with Crippen LogP contribution in [0.5, 0.6) is 5.75 Å². The molecule has 0 spiro atoms. The molecule has 0 aromatic heterocycles. The van der Waals surface area contributed by atoms with Gasteiger partial charge >= 0.3 is 0 Å². The first-order valence-electron chi connectivity index (χ1n) is 8.58. The van der Waals surface area contributed by atoms with Gasteiger partial charge in [-0.05, 0) is 36.6 Å². The highest BCUT2D eigenvalue weighted by molar-refractivity contribution is 5.97. The lowest BCUT2D eigenvalue weighted by molar-refractivity contribution is -0.117. The third-order valence-electron chi connectivity index (χ3n) is 3.95. The molecule has 0 aliphatic carbocycles. The van der Waals surface area contributed by atoms with Gasteiger partial charge in [-0.15, -0.1) is 0 Å². The average Bonchev–Trinajstić information content (AvgIpc) is 2.67. The van der Waals surface area contributed by atoms with Crippen molar-refractivity contribution in [1.82, 2.24) is 10.2 Å². The molecule has 2 rings (SSSR count). The molecular weight excluding hydrogens is 326 g/mol. The number of phenolic OH excluding ortho intramolecular Hbond substituents is 1. The van der Waals surface area contributed by atoms with Crippen LogP contribution in [-0.2, 0) is 17.8 Å². The average molecular weight is 349 g/mol. The number of carbonyl (C=O) groups excluding carboxylic acids is 1. The Morgan fingerprint density at radius 1 is 1.15 bits per heavy atom. The fourth-order valence-electron chi connectivity index (χ4n) is 2.47. The van der Waals surface area contributed by atoms with Gasteiger partial charge in [0.05, 0.1) is 0 Å². The maximum Gasteiger partial charge on any atom is 0.263 e. The van der Waals surface area contributed by atoms with Gasteiger partial charge < -0.3 is 15.3 Å². The number of carbonyl (C=O) groups is 1. The van der Waals surface area contributed by atoms with Gasteiger partial charge in [-0.1, -0.05) is 42.5 Å². The van der Waals surface area contributed by atoms with Crippen molar-refractivity contribution >= 4 is 5.91 Å². The number of hydrogen-bond acceptors (Lipinski definition) is 4. The van der Waals surface area contributed by atoms with E-state index in [4.69, 9.17) is 0 Å². The standard InChI is InChI=1S/C21H23N3O2/c1-2-24(15-18-6-4-3-5-7-18)16-19(14-22)21(26)23-13-12-17-8-10-20(25)11-9-17/h3-11,16,25H,2,12-13,15H2,1H3,(H,23,26)/b19-16-. The Labute approximate surface area is 154 Å². The highest BCUT2D eigenvalue weighted by atomic mass is 16.3. The Bertz CT molecular complexity index is 777. The SMILES string of the molecule is CCN(/C=C(/C#N)C(=O)NCCc1ccc(O)cc1)Cc1ccccc1. The van der Waals surface area contributed by atoms with E-state index in [0.29, 0.717) is 26.1 Å². The van der Waals surface area contributed by atoms with Crippen LogP contribution < -0.4 is 5.32 Å². The van der Waals surface area contributed by atoms with E-state index in [1.165, 1.54) is 0 Å². The first-order valence-corrected chi connectivity index (χ1v) is 8.58. The fraction of sp³-hybridized carbons (Fsp3) is 0.238. The Balaban J connectivity index is 1.92. The Kier molecular flexibility index (Phi) is 7.26. The maximum atomic E-state index is 12.3. The molecule has 0 fully saturated rings. The summed E-state index contributed by atoms with van der Waals surface area (Å²) in [7, 11) is 0. The van der Waals surface area contributed by atoms with E-state index in [2.05, 4.69) is 5.32 Å². The van der Waals surface area contributed by atoms with Crippen molar-refractivity contribution in [2.45, 2.75) is 19.9 Å². The van der Waals surface area contributed by atoms with Crippen LogP contribution in [0.3, 0.4) is 0 Å². The number of phenols is 1. The van der Waals surface area contributed by atoms with Crippen LogP contribution in [-0.4, -0.2) is 29.0 Å². The summed E-state index contributed by atoms with van der Waals surface area (Å²) in [5.41, 5.74) is 2.22. The second-order valence-corrected chi connectivity index (χ2v) is 5.88. The van der Waals surface area contributed by atoms with Crippen molar-refractivity contribution in [3.8, 4) is 11.8 Å². The molecule has 0 unspecified atom stereocenters. The molecule has 0 aliphatic heterocycles. The van der Waals surface area contributed by atoms with Gasteiger partial charge in [-0.2, -0.15) is 5.26 Å². The quantitative estimate of drug-likeness (QED) is 0.567. The molecule has 1 amide bonds. The van der Waals surface area contributed by atoms with E-state index in [1.807, 2.05) is 48.2 Å². The molecule has 2 N–H and O–H groups in total. The molecule has 26 heavy (non-hydrogen) atoms. The third kappa shape index (κ3) is 5.99. The largest absolute Gasteiger partial charge is 0.508 e. The molecule has 0 aliphatic rings. The van der Waals surface area contributed by atoms with Crippen LogP contribution in [0, 0.1) is 11.3 Å². The third-order valence-corrected chi connectivity index (χ3v) is 3.95. The number of nitrogens with zero attached hydrogens (tertiary/aromatic N) is 2. The molecule has 0 heterocycles. The first-order chi connectivity index (χ1) is 12.6. The molecule has 0 radical (unpaired) electrons. The van der Waals surface area contributed by atoms with Crippen molar-refractivity contribution in [1.29, 1.82) is 5.26 Å². The van der Waals surface area contributed by atoms with Gasteiger partial charge in [-0.25, -0.2) is 0 Å². The van der Waals surface area contributed by atoms with Gasteiger partial charge in [-0.3, -0.25) is 4.79 Å². The minimum Gasteiger partial charge on any atom is -0.508 e. The van der Waals surface area contributed by atoms with Crippen LogP contribution in [0.1, 0.15) is 18.1 Å². The normalized spacial score (nSPS) is 10.8. The number of benzene rings is 2. The predicted molar refractivity (Wildman–Crippen MR) is 101 cm³/mol. The van der Waals surface area contributed by atoms with E-state index in [1.54, 1.807) is 30.5 Å². The molecule has 5 nitrogen and oxygen atoms in total. The zero-order valence-electron chi connectivity index (χ0n) is 14.9. The van der Waals surface area contributed by atoms with Gasteiger partial charge in [0, 0.05) is 25.8 Å². The zero-order chi connectivity index (χ0) is 18.8. The van der Waals surface area contributed by atoms with Crippen LogP contribution >= 0.6 is 0 Å². The smallest absolute Gasteiger partial charge is 0.263 e. The highest BCUT2D eigenvalue weighted by Gasteiger charge is 2.10. The van der Waals surface area contributed by atoms with Gasteiger partial charge in [0.1, 0.15) is 17.4 Å². The van der Waals surface area contributed by atoms with Crippen molar-refractivity contribution in [3.63, 3.8) is 0 Å². The fourth-order valence-corrected chi connectivity index (χ4v) is 2.47. The van der Waals surface area contributed by atoms with Crippen molar-refractivity contribution in [3.05, 3.63) is 77.5 Å². The summed E-state index contributed by atoms with van der Waals surface area (Å²) >= 11 is 0. The summed E-state index contributed by atoms with van der Waals surface area (Å²) in [4.78, 5) is 14.2. The van der Waals surface area contributed by atoms with Crippen molar-refractivity contribution in [2.24, 2.45) is 0 Å².